The zero-order valence-electron chi connectivity index (χ0n) is 19.0. The molecule has 0 atom stereocenters. The number of nitrogens with zero attached hydrogens (tertiary/aromatic N) is 4. The highest BCUT2D eigenvalue weighted by molar-refractivity contribution is 6.30. The van der Waals surface area contributed by atoms with Gasteiger partial charge in [-0.1, -0.05) is 23.7 Å². The molecule has 0 aliphatic heterocycles. The number of hydrogen-bond donors (Lipinski definition) is 1. The lowest BCUT2D eigenvalue weighted by molar-refractivity contribution is -0.121. The van der Waals surface area contributed by atoms with Crippen LogP contribution in [0.5, 0.6) is 11.5 Å². The molecule has 1 amide bonds. The molecule has 2 aromatic carbocycles. The molecule has 0 aliphatic rings. The lowest BCUT2D eigenvalue weighted by Gasteiger charge is -2.11. The van der Waals surface area contributed by atoms with E-state index < -0.39 is 5.56 Å². The third-order valence-electron chi connectivity index (χ3n) is 5.40. The first-order chi connectivity index (χ1) is 16.4. The maximum absolute atomic E-state index is 13.2. The number of halogens is 1. The Bertz CT molecular complexity index is 1410. The molecule has 0 saturated carbocycles. The van der Waals surface area contributed by atoms with E-state index >= 15 is 0 Å². The van der Waals surface area contributed by atoms with Crippen molar-refractivity contribution in [1.82, 2.24) is 24.9 Å². The van der Waals surface area contributed by atoms with E-state index in [1.165, 1.54) is 4.68 Å². The van der Waals surface area contributed by atoms with Gasteiger partial charge in [0.1, 0.15) is 12.1 Å². The van der Waals surface area contributed by atoms with Crippen molar-refractivity contribution in [3.8, 4) is 17.2 Å². The molecule has 176 valence electrons. The molecule has 1 N–H and O–H groups in total. The maximum Gasteiger partial charge on any atom is 0.293 e. The number of fused-ring (bicyclic) bond motifs is 1. The van der Waals surface area contributed by atoms with Crippen LogP contribution in [0.1, 0.15) is 11.3 Å². The summed E-state index contributed by atoms with van der Waals surface area (Å²) in [5.74, 6) is 0.952. The van der Waals surface area contributed by atoms with Gasteiger partial charge in [-0.2, -0.15) is 10.2 Å². The number of carbonyl (C=O) groups excluding carboxylic acids is 1. The fourth-order valence-corrected chi connectivity index (χ4v) is 3.89. The third kappa shape index (κ3) is 4.74. The van der Waals surface area contributed by atoms with Crippen LogP contribution in [0.15, 0.2) is 53.5 Å². The predicted octanol–water partition coefficient (Wildman–Crippen LogP) is 2.92. The van der Waals surface area contributed by atoms with Crippen LogP contribution in [0.25, 0.3) is 16.6 Å². The number of methoxy groups -OCH3 is 2. The Hall–Kier alpha value is -3.85. The van der Waals surface area contributed by atoms with Gasteiger partial charge >= 0.3 is 0 Å². The van der Waals surface area contributed by atoms with Crippen LogP contribution in [0.4, 0.5) is 0 Å². The van der Waals surface area contributed by atoms with Crippen molar-refractivity contribution in [3.63, 3.8) is 0 Å². The zero-order valence-corrected chi connectivity index (χ0v) is 19.8. The highest BCUT2D eigenvalue weighted by Crippen LogP contribution is 2.27. The summed E-state index contributed by atoms with van der Waals surface area (Å²) in [6.45, 7) is 1.96. The Morgan fingerprint density at radius 2 is 1.91 bits per heavy atom. The Morgan fingerprint density at radius 1 is 1.12 bits per heavy atom. The minimum absolute atomic E-state index is 0.206. The molecule has 2 heterocycles. The molecule has 4 rings (SSSR count). The Balaban J connectivity index is 1.50. The van der Waals surface area contributed by atoms with Crippen molar-refractivity contribution >= 4 is 28.4 Å². The topological polar surface area (TPSA) is 100 Å². The standard InChI is InChI=1S/C24H24ClN5O4/c1-15-19-13-27-30(18-6-4-5-17(25)12-18)23(19)24(32)29(28-15)14-22(31)26-10-9-16-7-8-20(33-2)21(11-16)34-3/h4-8,11-13H,9-10,14H2,1-3H3,(H,26,31). The van der Waals surface area contributed by atoms with Gasteiger partial charge in [-0.15, -0.1) is 0 Å². The van der Waals surface area contributed by atoms with Gasteiger partial charge in [0.2, 0.25) is 5.91 Å². The summed E-state index contributed by atoms with van der Waals surface area (Å²) in [5.41, 5.74) is 2.16. The van der Waals surface area contributed by atoms with Gasteiger partial charge in [-0.25, -0.2) is 9.36 Å². The lowest BCUT2D eigenvalue weighted by atomic mass is 10.1. The van der Waals surface area contributed by atoms with Gasteiger partial charge in [0, 0.05) is 17.0 Å². The number of ether oxygens (including phenoxy) is 2. The lowest BCUT2D eigenvalue weighted by Crippen LogP contribution is -2.35. The van der Waals surface area contributed by atoms with Crippen molar-refractivity contribution in [3.05, 3.63) is 75.3 Å². The van der Waals surface area contributed by atoms with Crippen LogP contribution in [-0.4, -0.2) is 46.2 Å². The number of hydrogen-bond acceptors (Lipinski definition) is 6. The number of nitrogens with one attached hydrogen (secondary N) is 1. The van der Waals surface area contributed by atoms with Gasteiger partial charge in [0.25, 0.3) is 5.56 Å². The normalized spacial score (nSPS) is 10.9. The first kappa shape index (κ1) is 23.3. The summed E-state index contributed by atoms with van der Waals surface area (Å²) in [6.07, 6.45) is 2.18. The van der Waals surface area contributed by atoms with E-state index in [4.69, 9.17) is 21.1 Å². The fraction of sp³-hybridized carbons (Fsp3) is 0.250. The first-order valence-corrected chi connectivity index (χ1v) is 11.0. The van der Waals surface area contributed by atoms with Crippen molar-refractivity contribution < 1.29 is 14.3 Å². The van der Waals surface area contributed by atoms with E-state index in [0.29, 0.717) is 51.8 Å². The van der Waals surface area contributed by atoms with Crippen LogP contribution in [0, 0.1) is 6.92 Å². The molecule has 4 aromatic rings. The second-order valence-electron chi connectivity index (χ2n) is 7.64. The van der Waals surface area contributed by atoms with Crippen molar-refractivity contribution in [2.24, 2.45) is 0 Å². The van der Waals surface area contributed by atoms with Crippen LogP contribution < -0.4 is 20.3 Å². The summed E-state index contributed by atoms with van der Waals surface area (Å²) >= 11 is 6.11. The largest absolute Gasteiger partial charge is 0.493 e. The van der Waals surface area contributed by atoms with E-state index in [1.54, 1.807) is 51.6 Å². The smallest absolute Gasteiger partial charge is 0.293 e. The summed E-state index contributed by atoms with van der Waals surface area (Å²) in [6, 6.07) is 12.6. The molecule has 10 heteroatoms. The van der Waals surface area contributed by atoms with Gasteiger partial charge in [-0.05, 0) is 49.2 Å². The Labute approximate surface area is 200 Å². The second-order valence-corrected chi connectivity index (χ2v) is 8.07. The quantitative estimate of drug-likeness (QED) is 0.415. The van der Waals surface area contributed by atoms with Gasteiger partial charge < -0.3 is 14.8 Å². The molecule has 34 heavy (non-hydrogen) atoms. The molecular weight excluding hydrogens is 458 g/mol. The van der Waals surface area contributed by atoms with Crippen molar-refractivity contribution in [1.29, 1.82) is 0 Å². The molecule has 0 bridgehead atoms. The average molecular weight is 482 g/mol. The number of amides is 1. The summed E-state index contributed by atoms with van der Waals surface area (Å²) < 4.78 is 13.2. The zero-order chi connectivity index (χ0) is 24.2. The summed E-state index contributed by atoms with van der Waals surface area (Å²) in [5, 5.41) is 12.6. The van der Waals surface area contributed by atoms with Gasteiger partial charge in [-0.3, -0.25) is 9.59 Å². The van der Waals surface area contributed by atoms with Crippen LogP contribution >= 0.6 is 11.6 Å². The average Bonchev–Trinajstić information content (AvgIpc) is 3.28. The number of benzene rings is 2. The second kappa shape index (κ2) is 9.96. The Kier molecular flexibility index (Phi) is 6.83. The molecule has 2 aromatic heterocycles. The minimum atomic E-state index is -0.409. The molecule has 0 fully saturated rings. The molecule has 0 aliphatic carbocycles. The van der Waals surface area contributed by atoms with Crippen molar-refractivity contribution in [2.75, 3.05) is 20.8 Å². The number of aryl methyl sites for hydroxylation is 1. The molecule has 0 spiro atoms. The highest BCUT2D eigenvalue weighted by Gasteiger charge is 2.17. The van der Waals surface area contributed by atoms with Crippen LogP contribution in [0.2, 0.25) is 5.02 Å². The van der Waals surface area contributed by atoms with Crippen LogP contribution in [0.3, 0.4) is 0 Å². The molecule has 0 saturated heterocycles. The molecule has 0 radical (unpaired) electrons. The molecule has 9 nitrogen and oxygen atoms in total. The monoisotopic (exact) mass is 481 g/mol. The van der Waals surface area contributed by atoms with E-state index in [-0.39, 0.29) is 12.5 Å². The van der Waals surface area contributed by atoms with E-state index in [2.05, 4.69) is 15.5 Å². The first-order valence-electron chi connectivity index (χ1n) is 10.6. The number of rotatable bonds is 8. The van der Waals surface area contributed by atoms with Crippen molar-refractivity contribution in [2.45, 2.75) is 19.9 Å². The Morgan fingerprint density at radius 3 is 2.65 bits per heavy atom. The summed E-state index contributed by atoms with van der Waals surface area (Å²) in [4.78, 5) is 25.8. The predicted molar refractivity (Wildman–Crippen MR) is 129 cm³/mol. The van der Waals surface area contributed by atoms with Gasteiger partial charge in [0.05, 0.1) is 31.8 Å². The highest BCUT2D eigenvalue weighted by atomic mass is 35.5. The van der Waals surface area contributed by atoms with Gasteiger partial charge in [0.15, 0.2) is 11.5 Å². The minimum Gasteiger partial charge on any atom is -0.493 e. The maximum atomic E-state index is 13.2. The number of carbonyl (C=O) groups is 1. The number of aromatic nitrogens is 4. The van der Waals surface area contributed by atoms with Crippen LogP contribution in [-0.2, 0) is 17.8 Å². The molecular formula is C24H24ClN5O4. The molecule has 0 unspecified atom stereocenters. The van der Waals surface area contributed by atoms with E-state index in [1.807, 2.05) is 18.2 Å². The fourth-order valence-electron chi connectivity index (χ4n) is 3.71. The summed E-state index contributed by atoms with van der Waals surface area (Å²) in [7, 11) is 3.15. The van der Waals surface area contributed by atoms with E-state index in [0.717, 1.165) is 10.2 Å². The SMILES string of the molecule is COc1ccc(CCNC(=O)Cn2nc(C)c3cnn(-c4cccc(Cl)c4)c3c2=O)cc1OC. The third-order valence-corrected chi connectivity index (χ3v) is 5.63. The van der Waals surface area contributed by atoms with E-state index in [9.17, 15) is 9.59 Å².